The molecule has 6 nitrogen and oxygen atoms in total. The van der Waals surface area contributed by atoms with Crippen molar-refractivity contribution in [2.45, 2.75) is 8.42 Å². The van der Waals surface area contributed by atoms with Crippen LogP contribution in [0.3, 0.4) is 0 Å². The van der Waals surface area contributed by atoms with Crippen LogP contribution in [0.5, 0.6) is 0 Å². The lowest BCUT2D eigenvalue weighted by atomic mass is 10.7. The highest BCUT2D eigenvalue weighted by atomic mass is 32.2. The molecule has 11 heteroatoms. The van der Waals surface area contributed by atoms with Crippen LogP contribution in [-0.4, -0.2) is 87.8 Å². The third-order valence-corrected chi connectivity index (χ3v) is 8.17. The lowest BCUT2D eigenvalue weighted by Crippen LogP contribution is -2.08. The molecule has 152 valence electrons. The van der Waals surface area contributed by atoms with E-state index in [1.54, 1.807) is 46.2 Å². The highest BCUT2D eigenvalue weighted by molar-refractivity contribution is 8.05. The molecule has 0 unspecified atom stereocenters. The van der Waals surface area contributed by atoms with Gasteiger partial charge in [-0.25, -0.2) is 0 Å². The van der Waals surface area contributed by atoms with E-state index in [-0.39, 0.29) is 13.2 Å². The van der Waals surface area contributed by atoms with E-state index >= 15 is 0 Å². The molecule has 0 atom stereocenters. The largest absolute Gasteiger partial charge is 0.394 e. The van der Waals surface area contributed by atoms with E-state index in [0.717, 1.165) is 14.6 Å². The molecular weight excluding hydrogens is 436 g/mol. The molecule has 1 aromatic rings. The van der Waals surface area contributed by atoms with Crippen molar-refractivity contribution in [1.82, 2.24) is 0 Å². The van der Waals surface area contributed by atoms with Crippen LogP contribution in [0, 0.1) is 3.14 Å². The summed E-state index contributed by atoms with van der Waals surface area (Å²) in [6, 6.07) is 0. The maximum atomic E-state index is 8.60. The molecule has 0 saturated carbocycles. The summed E-state index contributed by atoms with van der Waals surface area (Å²) in [6.07, 6.45) is 0. The Balaban J connectivity index is 2.11. The SMILES string of the molecule is OCCOCCOCCSc1sc(=S)sc1SCCOCCOCCO. The summed E-state index contributed by atoms with van der Waals surface area (Å²) in [4.78, 5) is 0. The molecule has 1 aromatic heterocycles. The Morgan fingerprint density at radius 3 is 1.42 bits per heavy atom. The van der Waals surface area contributed by atoms with Gasteiger partial charge in [-0.1, -0.05) is 12.2 Å². The Hall–Kier alpha value is 0.730. The van der Waals surface area contributed by atoms with Crippen molar-refractivity contribution in [3.05, 3.63) is 3.14 Å². The fourth-order valence-corrected chi connectivity index (χ4v) is 7.55. The third kappa shape index (κ3) is 13.0. The predicted molar refractivity (Wildman–Crippen MR) is 112 cm³/mol. The van der Waals surface area contributed by atoms with Crippen LogP contribution in [0.1, 0.15) is 0 Å². The number of hydrogen-bond acceptors (Lipinski definition) is 11. The zero-order chi connectivity index (χ0) is 18.9. The third-order valence-electron chi connectivity index (χ3n) is 2.66. The van der Waals surface area contributed by atoms with E-state index in [1.807, 2.05) is 0 Å². The summed E-state index contributed by atoms with van der Waals surface area (Å²) in [5, 5.41) is 17.2. The first kappa shape index (κ1) is 24.8. The molecule has 0 saturated heterocycles. The number of aliphatic hydroxyl groups is 2. The summed E-state index contributed by atoms with van der Waals surface area (Å²) in [6.45, 7) is 4.22. The van der Waals surface area contributed by atoms with Crippen molar-refractivity contribution in [2.75, 3.05) is 77.6 Å². The number of thioether (sulfide) groups is 2. The number of rotatable bonds is 18. The number of aliphatic hydroxyl groups excluding tert-OH is 2. The Morgan fingerprint density at radius 1 is 0.654 bits per heavy atom. The maximum Gasteiger partial charge on any atom is 0.145 e. The van der Waals surface area contributed by atoms with E-state index in [4.69, 9.17) is 41.4 Å². The summed E-state index contributed by atoms with van der Waals surface area (Å²) in [5.74, 6) is 1.74. The molecule has 0 aromatic carbocycles. The average molecular weight is 463 g/mol. The molecule has 0 spiro atoms. The van der Waals surface area contributed by atoms with Crippen LogP contribution in [0.15, 0.2) is 8.42 Å². The van der Waals surface area contributed by atoms with E-state index in [0.29, 0.717) is 52.9 Å². The monoisotopic (exact) mass is 462 g/mol. The maximum absolute atomic E-state index is 8.60. The van der Waals surface area contributed by atoms with E-state index < -0.39 is 0 Å². The summed E-state index contributed by atoms with van der Waals surface area (Å²) < 4.78 is 24.7. The van der Waals surface area contributed by atoms with Crippen LogP contribution in [0.25, 0.3) is 0 Å². The Morgan fingerprint density at radius 2 is 1.04 bits per heavy atom. The van der Waals surface area contributed by atoms with Gasteiger partial charge in [-0.15, -0.1) is 46.2 Å². The second kappa shape index (κ2) is 17.8. The van der Waals surface area contributed by atoms with Gasteiger partial charge in [0, 0.05) is 11.5 Å². The molecule has 0 bridgehead atoms. The second-order valence-electron chi connectivity index (χ2n) is 4.62. The minimum atomic E-state index is 0.0434. The van der Waals surface area contributed by atoms with Crippen LogP contribution >= 0.6 is 58.4 Å². The van der Waals surface area contributed by atoms with Crippen molar-refractivity contribution >= 4 is 58.4 Å². The molecule has 0 aliphatic heterocycles. The van der Waals surface area contributed by atoms with Gasteiger partial charge >= 0.3 is 0 Å². The molecule has 1 heterocycles. The molecule has 0 aliphatic rings. The highest BCUT2D eigenvalue weighted by Crippen LogP contribution is 2.40. The van der Waals surface area contributed by atoms with Gasteiger partial charge in [0.15, 0.2) is 0 Å². The lowest BCUT2D eigenvalue weighted by Gasteiger charge is -2.06. The molecule has 2 N–H and O–H groups in total. The molecule has 1 rings (SSSR count). The van der Waals surface area contributed by atoms with Gasteiger partial charge in [0.05, 0.1) is 74.5 Å². The van der Waals surface area contributed by atoms with E-state index in [2.05, 4.69) is 0 Å². The van der Waals surface area contributed by atoms with Gasteiger partial charge < -0.3 is 29.2 Å². The number of hydrogen-bond donors (Lipinski definition) is 2. The average Bonchev–Trinajstić information content (AvgIpc) is 2.99. The van der Waals surface area contributed by atoms with Gasteiger partial charge in [-0.3, -0.25) is 0 Å². The van der Waals surface area contributed by atoms with Crippen LogP contribution in [0.4, 0.5) is 0 Å². The van der Waals surface area contributed by atoms with Crippen molar-refractivity contribution in [3.8, 4) is 0 Å². The van der Waals surface area contributed by atoms with Crippen LogP contribution in [-0.2, 0) is 18.9 Å². The molecule has 0 radical (unpaired) electrons. The van der Waals surface area contributed by atoms with Gasteiger partial charge in [0.25, 0.3) is 0 Å². The smallest absolute Gasteiger partial charge is 0.145 e. The van der Waals surface area contributed by atoms with E-state index in [9.17, 15) is 0 Å². The molecular formula is C15H26O6S5. The van der Waals surface area contributed by atoms with E-state index in [1.165, 1.54) is 8.42 Å². The lowest BCUT2D eigenvalue weighted by molar-refractivity contribution is 0.0377. The molecule has 0 fully saturated rings. The van der Waals surface area contributed by atoms with Crippen LogP contribution < -0.4 is 0 Å². The summed E-state index contributed by atoms with van der Waals surface area (Å²) in [7, 11) is 0. The quantitative estimate of drug-likeness (QED) is 0.194. The fraction of sp³-hybridized carbons (Fsp3) is 0.800. The Bertz CT molecular complexity index is 455. The minimum absolute atomic E-state index is 0.0434. The second-order valence-corrected chi connectivity index (χ2v) is 10.6. The fourth-order valence-electron chi connectivity index (χ4n) is 1.59. The van der Waals surface area contributed by atoms with Gasteiger partial charge in [-0.05, 0) is 0 Å². The number of ether oxygens (including phenoxy) is 4. The minimum Gasteiger partial charge on any atom is -0.394 e. The van der Waals surface area contributed by atoms with Crippen molar-refractivity contribution in [3.63, 3.8) is 0 Å². The van der Waals surface area contributed by atoms with Crippen molar-refractivity contribution in [2.24, 2.45) is 0 Å². The van der Waals surface area contributed by atoms with Gasteiger partial charge in [-0.2, -0.15) is 0 Å². The zero-order valence-corrected chi connectivity index (χ0v) is 18.6. The molecule has 0 amide bonds. The van der Waals surface area contributed by atoms with Gasteiger partial charge in [0.2, 0.25) is 0 Å². The first-order chi connectivity index (χ1) is 12.8. The summed E-state index contributed by atoms with van der Waals surface area (Å²) in [5.41, 5.74) is 0. The summed E-state index contributed by atoms with van der Waals surface area (Å²) >= 11 is 12.1. The standard InChI is InChI=1S/C15H26O6S5/c16-1-3-18-5-7-20-9-11-23-13-14(26-15(22)25-13)24-12-10-21-8-6-19-4-2-17/h16-17H,1-12H2. The molecule has 0 aliphatic carbocycles. The highest BCUT2D eigenvalue weighted by Gasteiger charge is 2.09. The van der Waals surface area contributed by atoms with Crippen molar-refractivity contribution < 1.29 is 29.2 Å². The Kier molecular flexibility index (Phi) is 17.0. The van der Waals surface area contributed by atoms with Gasteiger partial charge in [0.1, 0.15) is 3.14 Å². The first-order valence-electron chi connectivity index (χ1n) is 8.20. The topological polar surface area (TPSA) is 77.4 Å². The normalized spacial score (nSPS) is 11.3. The Labute approximate surface area is 176 Å². The van der Waals surface area contributed by atoms with Crippen LogP contribution in [0.2, 0.25) is 0 Å². The first-order valence-corrected chi connectivity index (χ1v) is 12.2. The van der Waals surface area contributed by atoms with Crippen molar-refractivity contribution in [1.29, 1.82) is 0 Å². The zero-order valence-electron chi connectivity index (χ0n) is 14.6. The molecule has 26 heavy (non-hydrogen) atoms. The predicted octanol–water partition coefficient (Wildman–Crippen LogP) is 2.77.